The minimum atomic E-state index is 0.0221. The second-order valence-corrected chi connectivity index (χ2v) is 7.11. The van der Waals surface area contributed by atoms with Gasteiger partial charge in [0.1, 0.15) is 0 Å². The van der Waals surface area contributed by atoms with Gasteiger partial charge in [-0.3, -0.25) is 9.89 Å². The molecule has 1 N–H and O–H groups in total. The lowest BCUT2D eigenvalue weighted by Crippen LogP contribution is -2.33. The highest BCUT2D eigenvalue weighted by Gasteiger charge is 2.29. The average molecular weight is 337 g/mol. The summed E-state index contributed by atoms with van der Waals surface area (Å²) in [5, 5.41) is 9.09. The first-order valence-corrected chi connectivity index (χ1v) is 9.06. The minimum Gasteiger partial charge on any atom is -0.335 e. The van der Waals surface area contributed by atoms with E-state index in [1.807, 2.05) is 29.5 Å². The Morgan fingerprint density at radius 1 is 1.29 bits per heavy atom. The van der Waals surface area contributed by atoms with Gasteiger partial charge in [-0.1, -0.05) is 30.3 Å². The van der Waals surface area contributed by atoms with Crippen LogP contribution in [0, 0.1) is 0 Å². The highest BCUT2D eigenvalue weighted by Crippen LogP contribution is 2.35. The minimum absolute atomic E-state index is 0.0221. The van der Waals surface area contributed by atoms with Gasteiger partial charge in [-0.15, -0.1) is 11.3 Å². The number of rotatable bonds is 3. The fraction of sp³-hybridized carbons (Fsp3) is 0.263. The molecule has 0 spiro atoms. The van der Waals surface area contributed by atoms with Crippen molar-refractivity contribution in [3.05, 3.63) is 64.7 Å². The smallest absolute Gasteiger partial charge is 0.257 e. The number of hydrogen-bond donors (Lipinski definition) is 1. The van der Waals surface area contributed by atoms with E-state index in [2.05, 4.69) is 34.5 Å². The highest BCUT2D eigenvalue weighted by atomic mass is 32.1. The first-order valence-electron chi connectivity index (χ1n) is 8.18. The van der Waals surface area contributed by atoms with Crippen LogP contribution in [0.25, 0.3) is 10.6 Å². The zero-order valence-corrected chi connectivity index (χ0v) is 14.3. The summed E-state index contributed by atoms with van der Waals surface area (Å²) in [4.78, 5) is 16.0. The molecule has 5 heteroatoms. The molecule has 4 rings (SSSR count). The SMILES string of the molecule is CN(C(=O)c1cn[nH]c1-c1cccs1)[C@H]1CCCc2ccccc21. The standard InChI is InChI=1S/C19H19N3OS/c1-22(16-9-4-7-13-6-2-3-8-14(13)16)19(23)15-12-20-21-18(15)17-10-5-11-24-17/h2-3,5-6,8,10-12,16H,4,7,9H2,1H3,(H,20,21)/t16-/m0/s1. The number of nitrogens with one attached hydrogen (secondary N) is 1. The van der Waals surface area contributed by atoms with Gasteiger partial charge < -0.3 is 4.90 Å². The van der Waals surface area contributed by atoms with Crippen LogP contribution in [0.5, 0.6) is 0 Å². The zero-order chi connectivity index (χ0) is 16.5. The topological polar surface area (TPSA) is 49.0 Å². The van der Waals surface area contributed by atoms with Crippen LogP contribution in [0.3, 0.4) is 0 Å². The number of H-pyrrole nitrogens is 1. The van der Waals surface area contributed by atoms with Crippen molar-refractivity contribution < 1.29 is 4.79 Å². The number of aryl methyl sites for hydroxylation is 1. The van der Waals surface area contributed by atoms with Crippen molar-refractivity contribution in [3.8, 4) is 10.6 Å². The summed E-state index contributed by atoms with van der Waals surface area (Å²) >= 11 is 1.61. The van der Waals surface area contributed by atoms with Crippen LogP contribution in [0.1, 0.15) is 40.4 Å². The quantitative estimate of drug-likeness (QED) is 0.775. The number of aromatic amines is 1. The molecule has 24 heavy (non-hydrogen) atoms. The van der Waals surface area contributed by atoms with Crippen molar-refractivity contribution in [3.63, 3.8) is 0 Å². The van der Waals surface area contributed by atoms with Gasteiger partial charge in [0, 0.05) is 7.05 Å². The van der Waals surface area contributed by atoms with Gasteiger partial charge in [0.05, 0.1) is 28.4 Å². The summed E-state index contributed by atoms with van der Waals surface area (Å²) in [6.07, 6.45) is 4.86. The van der Waals surface area contributed by atoms with Crippen LogP contribution in [-0.4, -0.2) is 28.1 Å². The molecule has 1 aliphatic carbocycles. The van der Waals surface area contributed by atoms with E-state index in [9.17, 15) is 4.79 Å². The molecule has 0 unspecified atom stereocenters. The molecule has 0 radical (unpaired) electrons. The van der Waals surface area contributed by atoms with Crippen LogP contribution < -0.4 is 0 Å². The maximum atomic E-state index is 13.1. The van der Waals surface area contributed by atoms with Crippen LogP contribution in [0.2, 0.25) is 0 Å². The van der Waals surface area contributed by atoms with Crippen molar-refractivity contribution >= 4 is 17.2 Å². The van der Waals surface area contributed by atoms with Crippen molar-refractivity contribution in [2.75, 3.05) is 7.05 Å². The normalized spacial score (nSPS) is 16.6. The molecular weight excluding hydrogens is 318 g/mol. The molecule has 1 atom stereocenters. The molecule has 122 valence electrons. The number of thiophene rings is 1. The monoisotopic (exact) mass is 337 g/mol. The van der Waals surface area contributed by atoms with E-state index >= 15 is 0 Å². The molecule has 0 fully saturated rings. The Kier molecular flexibility index (Phi) is 3.94. The third kappa shape index (κ3) is 2.55. The van der Waals surface area contributed by atoms with Crippen molar-refractivity contribution in [2.24, 2.45) is 0 Å². The van der Waals surface area contributed by atoms with Gasteiger partial charge in [-0.2, -0.15) is 5.10 Å². The largest absolute Gasteiger partial charge is 0.335 e. The van der Waals surface area contributed by atoms with Crippen molar-refractivity contribution in [2.45, 2.75) is 25.3 Å². The molecule has 1 aliphatic rings. The lowest BCUT2D eigenvalue weighted by Gasteiger charge is -2.33. The van der Waals surface area contributed by atoms with Crippen LogP contribution in [0.4, 0.5) is 0 Å². The van der Waals surface area contributed by atoms with Crippen LogP contribution >= 0.6 is 11.3 Å². The number of nitrogens with zero attached hydrogens (tertiary/aromatic N) is 2. The molecule has 0 saturated carbocycles. The second kappa shape index (κ2) is 6.24. The maximum Gasteiger partial charge on any atom is 0.257 e. The Morgan fingerprint density at radius 2 is 2.17 bits per heavy atom. The molecule has 0 bridgehead atoms. The van der Waals surface area contributed by atoms with Crippen molar-refractivity contribution in [1.29, 1.82) is 0 Å². The van der Waals surface area contributed by atoms with Gasteiger partial charge in [-0.25, -0.2) is 0 Å². The lowest BCUT2D eigenvalue weighted by molar-refractivity contribution is 0.0716. The summed E-state index contributed by atoms with van der Waals surface area (Å²) in [6.45, 7) is 0. The molecule has 1 amide bonds. The van der Waals surface area contributed by atoms with Crippen LogP contribution in [-0.2, 0) is 6.42 Å². The molecular formula is C19H19N3OS. The van der Waals surface area contributed by atoms with E-state index in [0.717, 1.165) is 29.8 Å². The van der Waals surface area contributed by atoms with E-state index in [1.54, 1.807) is 17.5 Å². The number of fused-ring (bicyclic) bond motifs is 1. The molecule has 3 aromatic rings. The Hall–Kier alpha value is -2.40. The number of aromatic nitrogens is 2. The van der Waals surface area contributed by atoms with Crippen molar-refractivity contribution in [1.82, 2.24) is 15.1 Å². The van der Waals surface area contributed by atoms with E-state index in [-0.39, 0.29) is 11.9 Å². The molecule has 1 aromatic carbocycles. The summed E-state index contributed by atoms with van der Waals surface area (Å²) in [5.41, 5.74) is 4.09. The highest BCUT2D eigenvalue weighted by molar-refractivity contribution is 7.13. The van der Waals surface area contributed by atoms with E-state index in [0.29, 0.717) is 5.56 Å². The first kappa shape index (κ1) is 15.1. The molecule has 4 nitrogen and oxygen atoms in total. The molecule has 2 aromatic heterocycles. The van der Waals surface area contributed by atoms with E-state index in [1.165, 1.54) is 11.1 Å². The third-order valence-electron chi connectivity index (χ3n) is 4.76. The van der Waals surface area contributed by atoms with E-state index in [4.69, 9.17) is 0 Å². The van der Waals surface area contributed by atoms with Gasteiger partial charge in [0.15, 0.2) is 0 Å². The number of benzene rings is 1. The number of carbonyl (C=O) groups is 1. The summed E-state index contributed by atoms with van der Waals surface area (Å²) < 4.78 is 0. The maximum absolute atomic E-state index is 13.1. The molecule has 2 heterocycles. The fourth-order valence-corrected chi connectivity index (χ4v) is 4.25. The molecule has 0 aliphatic heterocycles. The number of hydrogen-bond acceptors (Lipinski definition) is 3. The van der Waals surface area contributed by atoms with E-state index < -0.39 is 0 Å². The third-order valence-corrected chi connectivity index (χ3v) is 5.65. The summed E-state index contributed by atoms with van der Waals surface area (Å²) in [7, 11) is 1.90. The van der Waals surface area contributed by atoms with Gasteiger partial charge in [0.25, 0.3) is 5.91 Å². The number of amides is 1. The van der Waals surface area contributed by atoms with Gasteiger partial charge >= 0.3 is 0 Å². The second-order valence-electron chi connectivity index (χ2n) is 6.16. The lowest BCUT2D eigenvalue weighted by atomic mass is 9.87. The fourth-order valence-electron chi connectivity index (χ4n) is 3.52. The Bertz CT molecular complexity index is 853. The van der Waals surface area contributed by atoms with Gasteiger partial charge in [-0.05, 0) is 41.8 Å². The predicted molar refractivity (Wildman–Crippen MR) is 96.1 cm³/mol. The Balaban J connectivity index is 1.66. The number of carbonyl (C=O) groups excluding carboxylic acids is 1. The van der Waals surface area contributed by atoms with Gasteiger partial charge in [0.2, 0.25) is 0 Å². The molecule has 0 saturated heterocycles. The zero-order valence-electron chi connectivity index (χ0n) is 13.5. The predicted octanol–water partition coefficient (Wildman–Crippen LogP) is 4.29. The van der Waals surface area contributed by atoms with Crippen LogP contribution in [0.15, 0.2) is 48.0 Å². The Morgan fingerprint density at radius 3 is 3.00 bits per heavy atom. The summed E-state index contributed by atoms with van der Waals surface area (Å²) in [5.74, 6) is 0.0221. The average Bonchev–Trinajstić information content (AvgIpc) is 3.30. The Labute approximate surface area is 145 Å². The first-order chi connectivity index (χ1) is 11.8. The summed E-state index contributed by atoms with van der Waals surface area (Å²) in [6, 6.07) is 12.6.